The van der Waals surface area contributed by atoms with Crippen LogP contribution in [0.15, 0.2) is 24.3 Å². The average Bonchev–Trinajstić information content (AvgIpc) is 2.26. The largest absolute Gasteiger partial charge is 0.497 e. The van der Waals surface area contributed by atoms with E-state index in [9.17, 15) is 0 Å². The summed E-state index contributed by atoms with van der Waals surface area (Å²) in [6.07, 6.45) is 2.20. The molecule has 16 heavy (non-hydrogen) atoms. The summed E-state index contributed by atoms with van der Waals surface area (Å²) in [6, 6.07) is 8.14. The first-order valence-corrected chi connectivity index (χ1v) is 5.53. The summed E-state index contributed by atoms with van der Waals surface area (Å²) < 4.78 is 5.18. The van der Waals surface area contributed by atoms with Gasteiger partial charge in [0.25, 0.3) is 0 Å². The van der Waals surface area contributed by atoms with Gasteiger partial charge < -0.3 is 10.5 Å². The van der Waals surface area contributed by atoms with Gasteiger partial charge in [0.15, 0.2) is 0 Å². The molecule has 0 amide bonds. The molecule has 0 aliphatic heterocycles. The van der Waals surface area contributed by atoms with E-state index in [2.05, 4.69) is 19.9 Å². The van der Waals surface area contributed by atoms with Crippen molar-refractivity contribution < 1.29 is 4.74 Å². The van der Waals surface area contributed by atoms with Crippen LogP contribution in [-0.2, 0) is 0 Å². The highest BCUT2D eigenvalue weighted by Crippen LogP contribution is 2.22. The molecule has 0 saturated carbocycles. The normalized spacial score (nSPS) is 12.1. The highest BCUT2D eigenvalue weighted by Gasteiger charge is 2.07. The number of methoxy groups -OCH3 is 1. The molecule has 0 aliphatic rings. The van der Waals surface area contributed by atoms with Gasteiger partial charge in [-0.2, -0.15) is 0 Å². The molecule has 0 bridgehead atoms. The minimum Gasteiger partial charge on any atom is -0.497 e. The maximum atomic E-state index is 6.11. The number of hydrogen-bond acceptors (Lipinski definition) is 2. The molecule has 3 heteroatoms. The number of benzene rings is 1. The van der Waals surface area contributed by atoms with Crippen molar-refractivity contribution in [2.75, 3.05) is 7.11 Å². The smallest absolute Gasteiger partial charge is 0.119 e. The van der Waals surface area contributed by atoms with Crippen molar-refractivity contribution in [1.29, 1.82) is 0 Å². The van der Waals surface area contributed by atoms with E-state index >= 15 is 0 Å². The lowest BCUT2D eigenvalue weighted by Crippen LogP contribution is -2.11. The summed E-state index contributed by atoms with van der Waals surface area (Å²) in [6.45, 7) is 4.44. The van der Waals surface area contributed by atoms with Crippen molar-refractivity contribution in [2.45, 2.75) is 32.7 Å². The Labute approximate surface area is 105 Å². The Morgan fingerprint density at radius 1 is 1.25 bits per heavy atom. The predicted molar refractivity (Wildman–Crippen MR) is 71.2 cm³/mol. The molecule has 0 aliphatic carbocycles. The maximum Gasteiger partial charge on any atom is 0.119 e. The number of rotatable bonds is 5. The SMILES string of the molecule is COc1cccc([C@H](N)CCC(C)C)c1.Cl. The zero-order valence-corrected chi connectivity index (χ0v) is 11.1. The number of nitrogens with two attached hydrogens (primary N) is 1. The van der Waals surface area contributed by atoms with Crippen LogP contribution in [0.2, 0.25) is 0 Å². The molecule has 2 N–H and O–H groups in total. The van der Waals surface area contributed by atoms with Gasteiger partial charge in [0.2, 0.25) is 0 Å². The molecule has 0 unspecified atom stereocenters. The standard InChI is InChI=1S/C13H21NO.ClH/c1-10(2)7-8-13(14)11-5-4-6-12(9-11)15-3;/h4-6,9-10,13H,7-8,14H2,1-3H3;1H/t13-;/m1./s1. The highest BCUT2D eigenvalue weighted by atomic mass is 35.5. The summed E-state index contributed by atoms with van der Waals surface area (Å²) in [7, 11) is 1.68. The number of ether oxygens (including phenoxy) is 1. The molecular weight excluding hydrogens is 222 g/mol. The second kappa shape index (κ2) is 7.53. The van der Waals surface area contributed by atoms with Crippen LogP contribution in [0.25, 0.3) is 0 Å². The van der Waals surface area contributed by atoms with E-state index < -0.39 is 0 Å². The van der Waals surface area contributed by atoms with Crippen molar-refractivity contribution in [3.05, 3.63) is 29.8 Å². The van der Waals surface area contributed by atoms with Gasteiger partial charge in [-0.25, -0.2) is 0 Å². The molecule has 1 rings (SSSR count). The molecule has 1 aromatic rings. The lowest BCUT2D eigenvalue weighted by Gasteiger charge is -2.14. The molecular formula is C13H22ClNO. The minimum absolute atomic E-state index is 0. The zero-order chi connectivity index (χ0) is 11.3. The Kier molecular flexibility index (Phi) is 7.18. The Hall–Kier alpha value is -0.730. The van der Waals surface area contributed by atoms with Crippen molar-refractivity contribution >= 4 is 12.4 Å². The molecule has 0 spiro atoms. The minimum atomic E-state index is 0. The zero-order valence-electron chi connectivity index (χ0n) is 10.3. The van der Waals surface area contributed by atoms with E-state index in [1.54, 1.807) is 7.11 Å². The van der Waals surface area contributed by atoms with Gasteiger partial charge in [-0.05, 0) is 36.5 Å². The van der Waals surface area contributed by atoms with Gasteiger partial charge in [-0.3, -0.25) is 0 Å². The van der Waals surface area contributed by atoms with E-state index in [0.717, 1.165) is 17.7 Å². The molecule has 0 aromatic heterocycles. The number of hydrogen-bond donors (Lipinski definition) is 1. The average molecular weight is 244 g/mol. The van der Waals surface area contributed by atoms with E-state index in [1.165, 1.54) is 6.42 Å². The topological polar surface area (TPSA) is 35.2 Å². The van der Waals surface area contributed by atoms with E-state index in [-0.39, 0.29) is 18.4 Å². The monoisotopic (exact) mass is 243 g/mol. The molecule has 0 heterocycles. The fraction of sp³-hybridized carbons (Fsp3) is 0.538. The van der Waals surface area contributed by atoms with Crippen LogP contribution in [-0.4, -0.2) is 7.11 Å². The molecule has 0 fully saturated rings. The summed E-state index contributed by atoms with van der Waals surface area (Å²) in [5, 5.41) is 0. The predicted octanol–water partition coefficient (Wildman–Crippen LogP) is 3.55. The van der Waals surface area contributed by atoms with Crippen LogP contribution in [0.1, 0.15) is 38.3 Å². The Bertz CT molecular complexity index is 302. The first kappa shape index (κ1) is 15.3. The maximum absolute atomic E-state index is 6.11. The number of halogens is 1. The van der Waals surface area contributed by atoms with Crippen molar-refractivity contribution in [3.63, 3.8) is 0 Å². The van der Waals surface area contributed by atoms with Gasteiger partial charge in [0.05, 0.1) is 7.11 Å². The summed E-state index contributed by atoms with van der Waals surface area (Å²) >= 11 is 0. The van der Waals surface area contributed by atoms with E-state index in [0.29, 0.717) is 5.92 Å². The molecule has 0 saturated heterocycles. The van der Waals surface area contributed by atoms with E-state index in [1.807, 2.05) is 18.2 Å². The van der Waals surface area contributed by atoms with Crippen LogP contribution >= 0.6 is 12.4 Å². The summed E-state index contributed by atoms with van der Waals surface area (Å²) in [5.41, 5.74) is 7.27. The molecule has 1 aromatic carbocycles. The van der Waals surface area contributed by atoms with Gasteiger partial charge >= 0.3 is 0 Å². The van der Waals surface area contributed by atoms with Crippen LogP contribution in [0.4, 0.5) is 0 Å². The summed E-state index contributed by atoms with van der Waals surface area (Å²) in [5.74, 6) is 1.59. The summed E-state index contributed by atoms with van der Waals surface area (Å²) in [4.78, 5) is 0. The lowest BCUT2D eigenvalue weighted by molar-refractivity contribution is 0.413. The Balaban J connectivity index is 0.00000225. The van der Waals surface area contributed by atoms with Crippen LogP contribution in [0.5, 0.6) is 5.75 Å². The van der Waals surface area contributed by atoms with Crippen LogP contribution in [0.3, 0.4) is 0 Å². The highest BCUT2D eigenvalue weighted by molar-refractivity contribution is 5.85. The second-order valence-electron chi connectivity index (χ2n) is 4.35. The van der Waals surface area contributed by atoms with Gasteiger partial charge in [0, 0.05) is 6.04 Å². The van der Waals surface area contributed by atoms with Gasteiger partial charge in [0.1, 0.15) is 5.75 Å². The van der Waals surface area contributed by atoms with Crippen molar-refractivity contribution in [2.24, 2.45) is 11.7 Å². The third-order valence-electron chi connectivity index (χ3n) is 2.58. The molecule has 0 radical (unpaired) electrons. The first-order valence-electron chi connectivity index (χ1n) is 5.53. The molecule has 92 valence electrons. The fourth-order valence-corrected chi connectivity index (χ4v) is 1.55. The second-order valence-corrected chi connectivity index (χ2v) is 4.35. The van der Waals surface area contributed by atoms with Crippen molar-refractivity contribution in [1.82, 2.24) is 0 Å². The third-order valence-corrected chi connectivity index (χ3v) is 2.58. The van der Waals surface area contributed by atoms with Crippen molar-refractivity contribution in [3.8, 4) is 5.75 Å². The fourth-order valence-electron chi connectivity index (χ4n) is 1.55. The van der Waals surface area contributed by atoms with Gasteiger partial charge in [-0.15, -0.1) is 12.4 Å². The van der Waals surface area contributed by atoms with Gasteiger partial charge in [-0.1, -0.05) is 26.0 Å². The third kappa shape index (κ3) is 4.86. The Morgan fingerprint density at radius 3 is 2.50 bits per heavy atom. The molecule has 2 nitrogen and oxygen atoms in total. The Morgan fingerprint density at radius 2 is 1.94 bits per heavy atom. The van der Waals surface area contributed by atoms with E-state index in [4.69, 9.17) is 10.5 Å². The first-order chi connectivity index (χ1) is 7.13. The van der Waals surface area contributed by atoms with Crippen LogP contribution < -0.4 is 10.5 Å². The molecule has 1 atom stereocenters. The quantitative estimate of drug-likeness (QED) is 0.859. The lowest BCUT2D eigenvalue weighted by atomic mass is 9.98. The van der Waals surface area contributed by atoms with Crippen LogP contribution in [0, 0.1) is 5.92 Å².